The van der Waals surface area contributed by atoms with Crippen LogP contribution in [-0.4, -0.2) is 25.9 Å². The van der Waals surface area contributed by atoms with Gasteiger partial charge in [0.1, 0.15) is 11.5 Å². The molecule has 0 heterocycles. The van der Waals surface area contributed by atoms with E-state index < -0.39 is 0 Å². The molecule has 3 rings (SSSR count). The lowest BCUT2D eigenvalue weighted by atomic mass is 10.0. The summed E-state index contributed by atoms with van der Waals surface area (Å²) < 4.78 is 10.6. The van der Waals surface area contributed by atoms with Crippen molar-refractivity contribution in [1.29, 1.82) is 0 Å². The molecule has 0 aromatic heterocycles. The number of methoxy groups -OCH3 is 2. The monoisotopic (exact) mass is 367 g/mol. The van der Waals surface area contributed by atoms with Crippen LogP contribution in [0.15, 0.2) is 42.5 Å². The van der Waals surface area contributed by atoms with Crippen molar-refractivity contribution in [3.63, 3.8) is 0 Å². The van der Waals surface area contributed by atoms with Crippen LogP contribution in [0.2, 0.25) is 0 Å². The van der Waals surface area contributed by atoms with Gasteiger partial charge in [0.2, 0.25) is 5.91 Å². The fraction of sp³-hybridized carbons (Fsp3) is 0.364. The lowest BCUT2D eigenvalue weighted by Crippen LogP contribution is -2.31. The van der Waals surface area contributed by atoms with Crippen molar-refractivity contribution in [2.45, 2.75) is 32.2 Å². The van der Waals surface area contributed by atoms with Gasteiger partial charge in [0.15, 0.2) is 5.78 Å². The SMILES string of the molecule is COc1ccc(C(NC(=O)Cc2cc(C(C)=O)ccc2OC)C2CC2)cc1. The van der Waals surface area contributed by atoms with Crippen molar-refractivity contribution in [3.05, 3.63) is 59.2 Å². The second kappa shape index (κ2) is 8.25. The highest BCUT2D eigenvalue weighted by Crippen LogP contribution is 2.41. The minimum absolute atomic E-state index is 0.00890. The Balaban J connectivity index is 1.75. The molecule has 1 N–H and O–H groups in total. The van der Waals surface area contributed by atoms with Crippen LogP contribution in [0.5, 0.6) is 11.5 Å². The fourth-order valence-corrected chi connectivity index (χ4v) is 3.25. The number of ketones is 1. The summed E-state index contributed by atoms with van der Waals surface area (Å²) in [5.41, 5.74) is 2.37. The number of carbonyl (C=O) groups excluding carboxylic acids is 2. The molecule has 1 aliphatic carbocycles. The second-order valence-electron chi connectivity index (χ2n) is 6.92. The van der Waals surface area contributed by atoms with Gasteiger partial charge in [-0.2, -0.15) is 0 Å². The molecule has 1 unspecified atom stereocenters. The van der Waals surface area contributed by atoms with Crippen molar-refractivity contribution < 1.29 is 19.1 Å². The molecule has 1 atom stereocenters. The van der Waals surface area contributed by atoms with Crippen LogP contribution < -0.4 is 14.8 Å². The predicted octanol–water partition coefficient (Wildman–Crippen LogP) is 3.72. The zero-order chi connectivity index (χ0) is 19.4. The summed E-state index contributed by atoms with van der Waals surface area (Å²) in [6.45, 7) is 1.51. The molecule has 27 heavy (non-hydrogen) atoms. The molecule has 0 radical (unpaired) electrons. The minimum Gasteiger partial charge on any atom is -0.497 e. The molecule has 1 amide bonds. The van der Waals surface area contributed by atoms with Gasteiger partial charge in [0.05, 0.1) is 26.7 Å². The second-order valence-corrected chi connectivity index (χ2v) is 6.92. The smallest absolute Gasteiger partial charge is 0.225 e. The Morgan fingerprint density at radius 3 is 2.33 bits per heavy atom. The molecule has 1 fully saturated rings. The van der Waals surface area contributed by atoms with Crippen LogP contribution in [0.3, 0.4) is 0 Å². The van der Waals surface area contributed by atoms with Crippen LogP contribution in [-0.2, 0) is 11.2 Å². The molecular weight excluding hydrogens is 342 g/mol. The van der Waals surface area contributed by atoms with Crippen LogP contribution >= 0.6 is 0 Å². The topological polar surface area (TPSA) is 64.6 Å². The number of hydrogen-bond donors (Lipinski definition) is 1. The Morgan fingerprint density at radius 2 is 1.78 bits per heavy atom. The lowest BCUT2D eigenvalue weighted by molar-refractivity contribution is -0.121. The van der Waals surface area contributed by atoms with Crippen molar-refractivity contribution in [1.82, 2.24) is 5.32 Å². The van der Waals surface area contributed by atoms with E-state index in [-0.39, 0.29) is 24.2 Å². The highest BCUT2D eigenvalue weighted by atomic mass is 16.5. The van der Waals surface area contributed by atoms with Gasteiger partial charge in [-0.25, -0.2) is 0 Å². The maximum absolute atomic E-state index is 12.7. The molecule has 0 spiro atoms. The maximum Gasteiger partial charge on any atom is 0.225 e. The molecule has 2 aromatic rings. The molecule has 2 aromatic carbocycles. The Morgan fingerprint density at radius 1 is 1.07 bits per heavy atom. The van der Waals surface area contributed by atoms with Crippen molar-refractivity contribution in [2.24, 2.45) is 5.92 Å². The molecule has 1 aliphatic rings. The summed E-state index contributed by atoms with van der Waals surface area (Å²) >= 11 is 0. The van der Waals surface area contributed by atoms with E-state index in [1.165, 1.54) is 6.92 Å². The van der Waals surface area contributed by atoms with Crippen molar-refractivity contribution >= 4 is 11.7 Å². The highest BCUT2D eigenvalue weighted by Gasteiger charge is 2.33. The predicted molar refractivity (Wildman–Crippen MR) is 103 cm³/mol. The number of amides is 1. The Labute approximate surface area is 159 Å². The van der Waals surface area contributed by atoms with Crippen molar-refractivity contribution in [2.75, 3.05) is 14.2 Å². The molecule has 0 bridgehead atoms. The third-order valence-electron chi connectivity index (χ3n) is 4.92. The number of nitrogens with one attached hydrogen (secondary N) is 1. The van der Waals surface area contributed by atoms with Gasteiger partial charge in [0.25, 0.3) is 0 Å². The molecule has 0 saturated heterocycles. The first kappa shape index (κ1) is 19.0. The fourth-order valence-electron chi connectivity index (χ4n) is 3.25. The first-order valence-corrected chi connectivity index (χ1v) is 9.13. The molecule has 0 aliphatic heterocycles. The van der Waals surface area contributed by atoms with Gasteiger partial charge in [-0.3, -0.25) is 9.59 Å². The van der Waals surface area contributed by atoms with Gasteiger partial charge in [0, 0.05) is 11.1 Å². The number of Topliss-reactive ketones (excluding diaryl/α,β-unsaturated/α-hetero) is 1. The van der Waals surface area contributed by atoms with E-state index in [0.29, 0.717) is 22.8 Å². The van der Waals surface area contributed by atoms with Gasteiger partial charge in [-0.15, -0.1) is 0 Å². The minimum atomic E-state index is -0.0817. The van der Waals surface area contributed by atoms with E-state index in [0.717, 1.165) is 24.2 Å². The summed E-state index contributed by atoms with van der Waals surface area (Å²) in [4.78, 5) is 24.4. The normalized spacial score (nSPS) is 14.3. The van der Waals surface area contributed by atoms with E-state index in [1.54, 1.807) is 32.4 Å². The van der Waals surface area contributed by atoms with E-state index >= 15 is 0 Å². The van der Waals surface area contributed by atoms with Gasteiger partial charge >= 0.3 is 0 Å². The Bertz CT molecular complexity index is 825. The zero-order valence-electron chi connectivity index (χ0n) is 16.0. The zero-order valence-corrected chi connectivity index (χ0v) is 16.0. The number of benzene rings is 2. The highest BCUT2D eigenvalue weighted by molar-refractivity contribution is 5.94. The van der Waals surface area contributed by atoms with E-state index in [2.05, 4.69) is 5.32 Å². The average Bonchev–Trinajstić information content (AvgIpc) is 3.51. The summed E-state index contributed by atoms with van der Waals surface area (Å²) in [5.74, 6) is 1.76. The van der Waals surface area contributed by atoms with Gasteiger partial charge < -0.3 is 14.8 Å². The van der Waals surface area contributed by atoms with Crippen LogP contribution in [0, 0.1) is 5.92 Å². The van der Waals surface area contributed by atoms with Gasteiger partial charge in [-0.1, -0.05) is 12.1 Å². The summed E-state index contributed by atoms with van der Waals surface area (Å²) in [7, 11) is 3.20. The van der Waals surface area contributed by atoms with E-state index in [9.17, 15) is 9.59 Å². The third-order valence-corrected chi connectivity index (χ3v) is 4.92. The Kier molecular flexibility index (Phi) is 5.79. The summed E-state index contributed by atoms with van der Waals surface area (Å²) in [5, 5.41) is 3.16. The van der Waals surface area contributed by atoms with Crippen LogP contribution in [0.25, 0.3) is 0 Å². The quantitative estimate of drug-likeness (QED) is 0.722. The summed E-state index contributed by atoms with van der Waals surface area (Å²) in [6, 6.07) is 13.0. The van der Waals surface area contributed by atoms with E-state index in [1.807, 2.05) is 24.3 Å². The number of hydrogen-bond acceptors (Lipinski definition) is 4. The van der Waals surface area contributed by atoms with Crippen LogP contribution in [0.1, 0.15) is 47.3 Å². The average molecular weight is 367 g/mol. The van der Waals surface area contributed by atoms with Crippen LogP contribution in [0.4, 0.5) is 0 Å². The third kappa shape index (κ3) is 4.67. The van der Waals surface area contributed by atoms with E-state index in [4.69, 9.17) is 9.47 Å². The maximum atomic E-state index is 12.7. The van der Waals surface area contributed by atoms with Gasteiger partial charge in [-0.05, 0) is 61.6 Å². The molecule has 1 saturated carbocycles. The lowest BCUT2D eigenvalue weighted by Gasteiger charge is -2.20. The molecule has 142 valence electrons. The van der Waals surface area contributed by atoms with Crippen molar-refractivity contribution in [3.8, 4) is 11.5 Å². The standard InChI is InChI=1S/C22H25NO4/c1-14(24)17-8-11-20(27-3)18(12-17)13-21(25)23-22(15-4-5-15)16-6-9-19(26-2)10-7-16/h6-12,15,22H,4-5,13H2,1-3H3,(H,23,25). The number of rotatable bonds is 8. The molecule has 5 nitrogen and oxygen atoms in total. The number of carbonyl (C=O) groups is 2. The first-order chi connectivity index (χ1) is 13.0. The summed E-state index contributed by atoms with van der Waals surface area (Å²) in [6.07, 6.45) is 2.39. The number of ether oxygens (including phenoxy) is 2. The first-order valence-electron chi connectivity index (χ1n) is 9.13. The molecule has 5 heteroatoms. The largest absolute Gasteiger partial charge is 0.497 e. The molecular formula is C22H25NO4. The Hall–Kier alpha value is -2.82.